The third kappa shape index (κ3) is 13.8. The molecule has 2 spiro atoms. The van der Waals surface area contributed by atoms with Gasteiger partial charge in [-0.05, 0) is 138 Å². The highest BCUT2D eigenvalue weighted by atomic mass is 79.9. The van der Waals surface area contributed by atoms with E-state index < -0.39 is 34.7 Å². The lowest BCUT2D eigenvalue weighted by Gasteiger charge is -2.44. The standard InChI is InChI=1S/C22H29NO6.C21H35BO6.C7H6BrNO2/c1-25-20(24)18-6-4-5-17(23-18)8-9-21(29-19-7-2-3-14-26-19)10-12-22(13-11-21)27-15-16-28-22;1-18(2)19(3,4)28-22(27-18)13-12-20(26-17-7-5-6-14-23-17)8-10-21(11-9-20)24-15-16-25-21;1-11-7(10)5-3-2-4-6(8)9-5/h4-6,8-9,19H,2-3,7,10-16H2,1H3;12-13,17H,5-11,14-16H2,1-4H3;2-4H,1H3/b9-8+;13-12+;. The molecule has 7 heterocycles. The molecule has 374 valence electrons. The fraction of sp³-hybridized carbons (Fsp3) is 0.680. The second kappa shape index (κ2) is 23.4. The minimum absolute atomic E-state index is 0.142. The Labute approximate surface area is 410 Å². The zero-order chi connectivity index (χ0) is 48.3. The van der Waals surface area contributed by atoms with E-state index in [1.54, 1.807) is 30.3 Å². The Hall–Kier alpha value is -3.14. The fourth-order valence-electron chi connectivity index (χ4n) is 9.31. The van der Waals surface area contributed by atoms with Crippen molar-refractivity contribution < 1.29 is 66.3 Å². The van der Waals surface area contributed by atoms with Gasteiger partial charge in [0.1, 0.15) is 16.0 Å². The molecule has 7 aliphatic rings. The van der Waals surface area contributed by atoms with Crippen molar-refractivity contribution in [1.29, 1.82) is 0 Å². The molecule has 5 aliphatic heterocycles. The maximum atomic E-state index is 11.8. The molecule has 9 rings (SSSR count). The van der Waals surface area contributed by atoms with Crippen molar-refractivity contribution in [2.75, 3.05) is 53.9 Å². The first-order valence-electron chi connectivity index (χ1n) is 24.2. The van der Waals surface area contributed by atoms with Crippen LogP contribution in [0, 0.1) is 0 Å². The molecule has 2 aromatic rings. The maximum absolute atomic E-state index is 11.8. The van der Waals surface area contributed by atoms with Crippen LogP contribution < -0.4 is 0 Å². The lowest BCUT2D eigenvalue weighted by atomic mass is 9.77. The van der Waals surface area contributed by atoms with Gasteiger partial charge in [0.15, 0.2) is 24.2 Å². The summed E-state index contributed by atoms with van der Waals surface area (Å²) < 4.78 is 70.5. The van der Waals surface area contributed by atoms with Gasteiger partial charge < -0.3 is 56.7 Å². The maximum Gasteiger partial charge on any atom is 0.486 e. The fourth-order valence-corrected chi connectivity index (χ4v) is 9.65. The Bertz CT molecular complexity index is 1990. The molecule has 18 heteroatoms. The molecule has 2 aliphatic carbocycles. The molecule has 2 aromatic heterocycles. The van der Waals surface area contributed by atoms with Gasteiger partial charge in [0, 0.05) is 38.9 Å². The first-order chi connectivity index (χ1) is 32.6. The van der Waals surface area contributed by atoms with Crippen molar-refractivity contribution in [1.82, 2.24) is 9.97 Å². The third-order valence-corrected chi connectivity index (χ3v) is 14.5. The lowest BCUT2D eigenvalue weighted by molar-refractivity contribution is -0.249. The summed E-state index contributed by atoms with van der Waals surface area (Å²) in [5.41, 5.74) is -0.265. The first kappa shape index (κ1) is 52.7. The molecule has 7 fully saturated rings. The van der Waals surface area contributed by atoms with Crippen LogP contribution in [0.4, 0.5) is 0 Å². The molecule has 0 radical (unpaired) electrons. The number of rotatable bonds is 10. The van der Waals surface area contributed by atoms with Crippen LogP contribution in [-0.2, 0) is 56.7 Å². The van der Waals surface area contributed by atoms with Gasteiger partial charge in [0.2, 0.25) is 0 Å². The normalized spacial score (nSPS) is 27.9. The Morgan fingerprint density at radius 1 is 0.618 bits per heavy atom. The first-order valence-corrected chi connectivity index (χ1v) is 25.0. The molecule has 5 saturated heterocycles. The van der Waals surface area contributed by atoms with Crippen molar-refractivity contribution in [2.45, 2.75) is 164 Å². The Morgan fingerprint density at radius 3 is 1.51 bits per heavy atom. The minimum atomic E-state index is -0.467. The molecular formula is C50H70BBrN2O14. The van der Waals surface area contributed by atoms with E-state index in [0.29, 0.717) is 42.4 Å². The van der Waals surface area contributed by atoms with Gasteiger partial charge in [0.25, 0.3) is 0 Å². The number of hydrogen-bond donors (Lipinski definition) is 0. The molecule has 2 saturated carbocycles. The Kier molecular flexibility index (Phi) is 18.1. The van der Waals surface area contributed by atoms with Gasteiger partial charge in [-0.1, -0.05) is 30.3 Å². The highest BCUT2D eigenvalue weighted by Crippen LogP contribution is 2.46. The predicted molar refractivity (Wildman–Crippen MR) is 254 cm³/mol. The van der Waals surface area contributed by atoms with Crippen LogP contribution in [0.5, 0.6) is 0 Å². The molecule has 2 atom stereocenters. The van der Waals surface area contributed by atoms with Crippen LogP contribution in [0.2, 0.25) is 0 Å². The average Bonchev–Trinajstić information content (AvgIpc) is 4.07. The summed E-state index contributed by atoms with van der Waals surface area (Å²) in [4.78, 5) is 30.9. The number of pyridine rings is 2. The zero-order valence-corrected chi connectivity index (χ0v) is 42.2. The number of ether oxygens (including phenoxy) is 10. The number of carbonyl (C=O) groups excluding carboxylic acids is 2. The summed E-state index contributed by atoms with van der Waals surface area (Å²) in [6.45, 7) is 12.5. The third-order valence-electron chi connectivity index (χ3n) is 14.0. The minimum Gasteiger partial charge on any atom is -0.464 e. The summed E-state index contributed by atoms with van der Waals surface area (Å²) >= 11 is 3.14. The SMILES string of the molecule is CC1(C)OB(/C=C/C2(OC3CCCCO3)CCC3(CC2)OCCO3)OC1(C)C.COC(=O)c1cccc(/C=C/C2(OC3CCCCO3)CCC3(CC2)OCCO3)n1.COC(=O)c1cccc(Br)n1. The van der Waals surface area contributed by atoms with Gasteiger partial charge in [-0.3, -0.25) is 0 Å². The molecule has 68 heavy (non-hydrogen) atoms. The summed E-state index contributed by atoms with van der Waals surface area (Å²) in [7, 11) is 2.31. The van der Waals surface area contributed by atoms with E-state index in [1.165, 1.54) is 14.2 Å². The van der Waals surface area contributed by atoms with Gasteiger partial charge in [-0.25, -0.2) is 19.6 Å². The smallest absolute Gasteiger partial charge is 0.464 e. The van der Waals surface area contributed by atoms with Crippen molar-refractivity contribution in [3.8, 4) is 0 Å². The van der Waals surface area contributed by atoms with Crippen molar-refractivity contribution in [3.63, 3.8) is 0 Å². The van der Waals surface area contributed by atoms with Crippen molar-refractivity contribution in [3.05, 3.63) is 76.2 Å². The Balaban J connectivity index is 0.000000165. The number of methoxy groups -OCH3 is 2. The van der Waals surface area contributed by atoms with Crippen LogP contribution in [0.3, 0.4) is 0 Å². The van der Waals surface area contributed by atoms with Gasteiger partial charge in [-0.2, -0.15) is 0 Å². The van der Waals surface area contributed by atoms with E-state index in [9.17, 15) is 9.59 Å². The summed E-state index contributed by atoms with van der Waals surface area (Å²) in [5.74, 6) is 0.270. The monoisotopic (exact) mass is 1010 g/mol. The van der Waals surface area contributed by atoms with E-state index in [0.717, 1.165) is 103 Å². The van der Waals surface area contributed by atoms with E-state index in [1.807, 2.05) is 18.1 Å². The Morgan fingerprint density at radius 2 is 1.07 bits per heavy atom. The van der Waals surface area contributed by atoms with E-state index in [2.05, 4.69) is 70.5 Å². The lowest BCUT2D eigenvalue weighted by Crippen LogP contribution is -2.46. The van der Waals surface area contributed by atoms with Gasteiger partial charge in [0.05, 0.1) is 68.7 Å². The van der Waals surface area contributed by atoms with Crippen LogP contribution in [0.15, 0.2) is 59.1 Å². The van der Waals surface area contributed by atoms with E-state index in [4.69, 9.17) is 51.9 Å². The van der Waals surface area contributed by atoms with Crippen molar-refractivity contribution in [2.24, 2.45) is 0 Å². The average molecular weight is 1010 g/mol. The van der Waals surface area contributed by atoms with Crippen LogP contribution in [0.25, 0.3) is 6.08 Å². The second-order valence-electron chi connectivity index (χ2n) is 19.3. The summed E-state index contributed by atoms with van der Waals surface area (Å²) in [6, 6.07) is 10.4. The van der Waals surface area contributed by atoms with Gasteiger partial charge >= 0.3 is 19.1 Å². The van der Waals surface area contributed by atoms with Gasteiger partial charge in [-0.15, -0.1) is 0 Å². The second-order valence-corrected chi connectivity index (χ2v) is 20.1. The number of carbonyl (C=O) groups is 2. The highest BCUT2D eigenvalue weighted by Gasteiger charge is 2.52. The van der Waals surface area contributed by atoms with E-state index >= 15 is 0 Å². The topological polar surface area (TPSA) is 171 Å². The largest absolute Gasteiger partial charge is 0.486 e. The highest BCUT2D eigenvalue weighted by molar-refractivity contribution is 9.10. The zero-order valence-electron chi connectivity index (χ0n) is 40.6. The molecule has 0 N–H and O–H groups in total. The number of hydrogen-bond acceptors (Lipinski definition) is 16. The number of esters is 2. The van der Waals surface area contributed by atoms with Crippen LogP contribution in [0.1, 0.15) is 144 Å². The molecule has 16 nitrogen and oxygen atoms in total. The molecule has 2 unspecified atom stereocenters. The van der Waals surface area contributed by atoms with Crippen molar-refractivity contribution >= 4 is 41.1 Å². The quantitative estimate of drug-likeness (QED) is 0.125. The molecular weight excluding hydrogens is 943 g/mol. The van der Waals surface area contributed by atoms with E-state index in [-0.39, 0.29) is 36.6 Å². The molecule has 0 bridgehead atoms. The summed E-state index contributed by atoms with van der Waals surface area (Å²) in [5, 5.41) is 0. The molecule has 0 aromatic carbocycles. The number of halogens is 1. The number of nitrogens with zero attached hydrogens (tertiary/aromatic N) is 2. The number of aromatic nitrogens is 2. The van der Waals surface area contributed by atoms with Crippen LogP contribution >= 0.6 is 15.9 Å². The predicted octanol–water partition coefficient (Wildman–Crippen LogP) is 8.88. The molecule has 0 amide bonds. The van der Waals surface area contributed by atoms with Crippen LogP contribution in [-0.4, -0.2) is 129 Å². The summed E-state index contributed by atoms with van der Waals surface area (Å²) in [6.07, 6.45) is 18.5.